The Balaban J connectivity index is 2.49. The molecule has 0 aliphatic carbocycles. The molecular formula is C13H18FNO5S. The number of ether oxygens (including phenoxy) is 2. The molecule has 6 nitrogen and oxygen atoms in total. The molecule has 0 spiro atoms. The van der Waals surface area contributed by atoms with Gasteiger partial charge in [-0.3, -0.25) is 0 Å². The van der Waals surface area contributed by atoms with E-state index >= 15 is 0 Å². The van der Waals surface area contributed by atoms with Crippen LogP contribution >= 0.6 is 0 Å². The van der Waals surface area contributed by atoms with E-state index in [-0.39, 0.29) is 24.7 Å². The zero-order chi connectivity index (χ0) is 15.6. The lowest BCUT2D eigenvalue weighted by Crippen LogP contribution is -2.38. The Morgan fingerprint density at radius 1 is 1.33 bits per heavy atom. The largest absolute Gasteiger partial charge is 0.493 e. The number of rotatable bonds is 5. The van der Waals surface area contributed by atoms with Gasteiger partial charge in [0.25, 0.3) is 0 Å². The summed E-state index contributed by atoms with van der Waals surface area (Å²) >= 11 is 0. The van der Waals surface area contributed by atoms with Gasteiger partial charge in [-0.2, -0.15) is 4.31 Å². The number of nitrogens with zero attached hydrogens (tertiary/aromatic N) is 1. The molecule has 1 N–H and O–H groups in total. The molecule has 1 aromatic rings. The zero-order valence-electron chi connectivity index (χ0n) is 11.9. The predicted molar refractivity (Wildman–Crippen MR) is 73.5 cm³/mol. The Morgan fingerprint density at radius 2 is 1.95 bits per heavy atom. The average Bonchev–Trinajstić information content (AvgIpc) is 2.95. The summed E-state index contributed by atoms with van der Waals surface area (Å²) in [7, 11) is -1.34. The molecule has 1 saturated heterocycles. The summed E-state index contributed by atoms with van der Waals surface area (Å²) in [5, 5.41) is 9.25. The van der Waals surface area contributed by atoms with Crippen LogP contribution in [0.15, 0.2) is 17.0 Å². The van der Waals surface area contributed by atoms with Gasteiger partial charge >= 0.3 is 0 Å². The van der Waals surface area contributed by atoms with Crippen LogP contribution in [0, 0.1) is 5.82 Å². The van der Waals surface area contributed by atoms with Crippen molar-refractivity contribution in [3.8, 4) is 11.5 Å². The molecular weight excluding hydrogens is 301 g/mol. The molecule has 1 aliphatic heterocycles. The summed E-state index contributed by atoms with van der Waals surface area (Å²) in [6, 6.07) is 1.58. The SMILES string of the molecule is COc1cc(F)c(S(=O)(=O)N2CCCC2CO)cc1OC. The molecule has 1 unspecified atom stereocenters. The first-order valence-electron chi connectivity index (χ1n) is 6.50. The molecule has 118 valence electrons. The number of benzene rings is 1. The third-order valence-corrected chi connectivity index (χ3v) is 5.53. The van der Waals surface area contributed by atoms with Crippen molar-refractivity contribution in [1.82, 2.24) is 4.31 Å². The first-order chi connectivity index (χ1) is 9.95. The molecule has 1 atom stereocenters. The maximum Gasteiger partial charge on any atom is 0.246 e. The monoisotopic (exact) mass is 319 g/mol. The molecule has 1 fully saturated rings. The van der Waals surface area contributed by atoms with Crippen LogP contribution in [-0.2, 0) is 10.0 Å². The van der Waals surface area contributed by atoms with Crippen LogP contribution in [0.5, 0.6) is 11.5 Å². The molecule has 0 radical (unpaired) electrons. The number of hydrogen-bond donors (Lipinski definition) is 1. The molecule has 1 aliphatic rings. The van der Waals surface area contributed by atoms with Crippen molar-refractivity contribution < 1.29 is 27.4 Å². The van der Waals surface area contributed by atoms with E-state index in [1.807, 2.05) is 0 Å². The lowest BCUT2D eigenvalue weighted by Gasteiger charge is -2.23. The van der Waals surface area contributed by atoms with Crippen LogP contribution in [0.25, 0.3) is 0 Å². The summed E-state index contributed by atoms with van der Waals surface area (Å²) < 4.78 is 50.4. The highest BCUT2D eigenvalue weighted by molar-refractivity contribution is 7.89. The van der Waals surface area contributed by atoms with Crippen LogP contribution in [-0.4, -0.2) is 51.2 Å². The van der Waals surface area contributed by atoms with Crippen LogP contribution < -0.4 is 9.47 Å². The van der Waals surface area contributed by atoms with E-state index in [4.69, 9.17) is 9.47 Å². The van der Waals surface area contributed by atoms with E-state index < -0.39 is 26.8 Å². The maximum atomic E-state index is 14.1. The van der Waals surface area contributed by atoms with Crippen molar-refractivity contribution in [2.75, 3.05) is 27.4 Å². The number of aliphatic hydroxyl groups excluding tert-OH is 1. The van der Waals surface area contributed by atoms with Gasteiger partial charge < -0.3 is 14.6 Å². The molecule has 0 amide bonds. The van der Waals surface area contributed by atoms with E-state index in [9.17, 15) is 17.9 Å². The first-order valence-corrected chi connectivity index (χ1v) is 7.94. The van der Waals surface area contributed by atoms with E-state index in [1.165, 1.54) is 14.2 Å². The highest BCUT2D eigenvalue weighted by atomic mass is 32.2. The van der Waals surface area contributed by atoms with Gasteiger partial charge in [-0.1, -0.05) is 0 Å². The summed E-state index contributed by atoms with van der Waals surface area (Å²) in [5.74, 6) is -0.650. The zero-order valence-corrected chi connectivity index (χ0v) is 12.7. The maximum absolute atomic E-state index is 14.1. The highest BCUT2D eigenvalue weighted by Gasteiger charge is 2.37. The molecule has 1 heterocycles. The van der Waals surface area contributed by atoms with Crippen molar-refractivity contribution in [2.24, 2.45) is 0 Å². The quantitative estimate of drug-likeness (QED) is 0.876. The topological polar surface area (TPSA) is 76.1 Å². The molecule has 0 aromatic heterocycles. The van der Waals surface area contributed by atoms with Gasteiger partial charge in [0.1, 0.15) is 10.7 Å². The standard InChI is InChI=1S/C13H18FNO5S/c1-19-11-6-10(14)13(7-12(11)20-2)21(17,18)15-5-3-4-9(15)8-16/h6-7,9,16H,3-5,8H2,1-2H3. The lowest BCUT2D eigenvalue weighted by molar-refractivity contribution is 0.213. The van der Waals surface area contributed by atoms with Crippen molar-refractivity contribution in [3.63, 3.8) is 0 Å². The second-order valence-corrected chi connectivity index (χ2v) is 6.59. The Hall–Kier alpha value is -1.38. The summed E-state index contributed by atoms with van der Waals surface area (Å²) in [5.41, 5.74) is 0. The van der Waals surface area contributed by atoms with E-state index in [0.717, 1.165) is 16.4 Å². The second-order valence-electron chi connectivity index (χ2n) is 4.73. The van der Waals surface area contributed by atoms with Gasteiger partial charge in [-0.25, -0.2) is 12.8 Å². The minimum atomic E-state index is -4.03. The third-order valence-electron chi connectivity index (χ3n) is 3.56. The predicted octanol–water partition coefficient (Wildman–Crippen LogP) is 0.988. The van der Waals surface area contributed by atoms with Crippen LogP contribution in [0.1, 0.15) is 12.8 Å². The number of methoxy groups -OCH3 is 2. The Kier molecular flexibility index (Phi) is 4.70. The van der Waals surface area contributed by atoms with Crippen LogP contribution in [0.4, 0.5) is 4.39 Å². The number of halogens is 1. The van der Waals surface area contributed by atoms with Gasteiger partial charge in [0.15, 0.2) is 11.5 Å². The normalized spacial score (nSPS) is 19.7. The molecule has 0 saturated carbocycles. The second kappa shape index (κ2) is 6.17. The van der Waals surface area contributed by atoms with Crippen molar-refractivity contribution in [1.29, 1.82) is 0 Å². The fraction of sp³-hybridized carbons (Fsp3) is 0.538. The van der Waals surface area contributed by atoms with Crippen molar-refractivity contribution in [3.05, 3.63) is 17.9 Å². The molecule has 21 heavy (non-hydrogen) atoms. The number of sulfonamides is 1. The lowest BCUT2D eigenvalue weighted by atomic mass is 10.2. The van der Waals surface area contributed by atoms with Crippen molar-refractivity contribution in [2.45, 2.75) is 23.8 Å². The molecule has 0 bridgehead atoms. The van der Waals surface area contributed by atoms with E-state index in [1.54, 1.807) is 0 Å². The first kappa shape index (κ1) is 16.0. The number of aliphatic hydroxyl groups is 1. The minimum Gasteiger partial charge on any atom is -0.493 e. The fourth-order valence-electron chi connectivity index (χ4n) is 2.47. The third kappa shape index (κ3) is 2.83. The van der Waals surface area contributed by atoms with Gasteiger partial charge in [0, 0.05) is 24.7 Å². The van der Waals surface area contributed by atoms with Crippen molar-refractivity contribution >= 4 is 10.0 Å². The Morgan fingerprint density at radius 3 is 2.52 bits per heavy atom. The molecule has 8 heteroatoms. The summed E-state index contributed by atoms with van der Waals surface area (Å²) in [6.45, 7) is -0.0184. The fourth-order valence-corrected chi connectivity index (χ4v) is 4.22. The summed E-state index contributed by atoms with van der Waals surface area (Å²) in [6.07, 6.45) is 1.20. The molecule has 1 aromatic carbocycles. The average molecular weight is 319 g/mol. The van der Waals surface area contributed by atoms with Gasteiger partial charge in [0.05, 0.1) is 20.8 Å². The smallest absolute Gasteiger partial charge is 0.246 e. The Labute approximate surface area is 123 Å². The molecule has 2 rings (SSSR count). The van der Waals surface area contributed by atoms with Crippen LogP contribution in [0.2, 0.25) is 0 Å². The van der Waals surface area contributed by atoms with Gasteiger partial charge in [0.2, 0.25) is 10.0 Å². The van der Waals surface area contributed by atoms with Gasteiger partial charge in [-0.15, -0.1) is 0 Å². The Bertz CT molecular complexity index is 619. The summed E-state index contributed by atoms with van der Waals surface area (Å²) in [4.78, 5) is -0.472. The van der Waals surface area contributed by atoms with E-state index in [2.05, 4.69) is 0 Å². The highest BCUT2D eigenvalue weighted by Crippen LogP contribution is 2.34. The number of hydrogen-bond acceptors (Lipinski definition) is 5. The minimum absolute atomic E-state index is 0.120. The van der Waals surface area contributed by atoms with E-state index in [0.29, 0.717) is 12.8 Å². The van der Waals surface area contributed by atoms with Crippen LogP contribution in [0.3, 0.4) is 0 Å². The van der Waals surface area contributed by atoms with Gasteiger partial charge in [-0.05, 0) is 12.8 Å².